The molecule has 1 saturated carbocycles. The van der Waals surface area contributed by atoms with Crippen LogP contribution in [-0.2, 0) is 14.6 Å². The molecule has 1 aromatic carbocycles. The quantitative estimate of drug-likeness (QED) is 0.792. The maximum absolute atomic E-state index is 13.5. The predicted octanol–water partition coefficient (Wildman–Crippen LogP) is 1.68. The average molecular weight is 242 g/mol. The number of ketones is 1. The Morgan fingerprint density at radius 2 is 1.94 bits per heavy atom. The Labute approximate surface area is 93.2 Å². The summed E-state index contributed by atoms with van der Waals surface area (Å²) in [6, 6.07) is 4.06. The molecule has 0 amide bonds. The fraction of sp³-hybridized carbons (Fsp3) is 0.364. The molecule has 0 unspecified atom stereocenters. The van der Waals surface area contributed by atoms with Gasteiger partial charge in [0.25, 0.3) is 0 Å². The van der Waals surface area contributed by atoms with Gasteiger partial charge in [-0.15, -0.1) is 0 Å². The van der Waals surface area contributed by atoms with E-state index in [0.717, 1.165) is 6.26 Å². The summed E-state index contributed by atoms with van der Waals surface area (Å²) >= 11 is 0. The zero-order valence-electron chi connectivity index (χ0n) is 8.73. The van der Waals surface area contributed by atoms with Crippen LogP contribution >= 0.6 is 0 Å². The molecule has 3 nitrogen and oxygen atoms in total. The van der Waals surface area contributed by atoms with Crippen LogP contribution in [0.1, 0.15) is 24.3 Å². The smallest absolute Gasteiger partial charge is 0.178 e. The molecular weight excluding hydrogens is 231 g/mol. The molecule has 0 saturated heterocycles. The van der Waals surface area contributed by atoms with Crippen LogP contribution in [0.15, 0.2) is 23.1 Å². The highest BCUT2D eigenvalue weighted by molar-refractivity contribution is 7.90. The van der Waals surface area contributed by atoms with E-state index in [-0.39, 0.29) is 16.6 Å². The van der Waals surface area contributed by atoms with E-state index >= 15 is 0 Å². The summed E-state index contributed by atoms with van der Waals surface area (Å²) in [6.07, 6.45) is 1.83. The molecule has 1 aliphatic carbocycles. The Hall–Kier alpha value is -1.23. The zero-order chi connectivity index (χ0) is 11.9. The van der Waals surface area contributed by atoms with Gasteiger partial charge in [-0.05, 0) is 23.6 Å². The first-order chi connectivity index (χ1) is 7.38. The van der Waals surface area contributed by atoms with Crippen molar-refractivity contribution in [3.05, 3.63) is 29.6 Å². The van der Waals surface area contributed by atoms with Crippen molar-refractivity contribution in [2.24, 2.45) is 0 Å². The van der Waals surface area contributed by atoms with Crippen LogP contribution in [-0.4, -0.2) is 20.5 Å². The van der Waals surface area contributed by atoms with Gasteiger partial charge < -0.3 is 0 Å². The maximum Gasteiger partial charge on any atom is 0.178 e. The van der Waals surface area contributed by atoms with Crippen molar-refractivity contribution in [3.8, 4) is 0 Å². The Morgan fingerprint density at radius 3 is 2.38 bits per heavy atom. The molecule has 1 fully saturated rings. The Bertz CT molecular complexity index is 540. The SMILES string of the molecule is CS(=O)(=O)c1ccc(C2CC(=O)C2)cc1F. The molecule has 1 aromatic rings. The van der Waals surface area contributed by atoms with Crippen LogP contribution in [0.2, 0.25) is 0 Å². The lowest BCUT2D eigenvalue weighted by Crippen LogP contribution is -2.21. The van der Waals surface area contributed by atoms with Gasteiger partial charge in [0.05, 0.1) is 0 Å². The molecule has 0 aliphatic heterocycles. The molecule has 2 rings (SSSR count). The Kier molecular flexibility index (Phi) is 2.58. The van der Waals surface area contributed by atoms with Gasteiger partial charge in [0.1, 0.15) is 16.5 Å². The van der Waals surface area contributed by atoms with Gasteiger partial charge in [0.15, 0.2) is 9.84 Å². The first-order valence-electron chi connectivity index (χ1n) is 4.89. The molecule has 86 valence electrons. The fourth-order valence-electron chi connectivity index (χ4n) is 1.80. The monoisotopic (exact) mass is 242 g/mol. The molecule has 5 heteroatoms. The van der Waals surface area contributed by atoms with Gasteiger partial charge in [0.2, 0.25) is 0 Å². The van der Waals surface area contributed by atoms with Crippen LogP contribution in [0, 0.1) is 5.82 Å². The van der Waals surface area contributed by atoms with Gasteiger partial charge >= 0.3 is 0 Å². The summed E-state index contributed by atoms with van der Waals surface area (Å²) in [5, 5.41) is 0. The van der Waals surface area contributed by atoms with E-state index in [1.165, 1.54) is 12.1 Å². The van der Waals surface area contributed by atoms with Gasteiger partial charge in [-0.25, -0.2) is 12.8 Å². The van der Waals surface area contributed by atoms with Gasteiger partial charge in [-0.3, -0.25) is 4.79 Å². The second-order valence-corrected chi connectivity index (χ2v) is 6.09. The molecule has 0 heterocycles. The van der Waals surface area contributed by atoms with Gasteiger partial charge in [-0.1, -0.05) is 6.07 Å². The molecule has 0 spiro atoms. The van der Waals surface area contributed by atoms with Crippen LogP contribution in [0.3, 0.4) is 0 Å². The lowest BCUT2D eigenvalue weighted by Gasteiger charge is -2.24. The molecular formula is C11H11FO3S. The minimum Gasteiger partial charge on any atom is -0.300 e. The number of hydrogen-bond donors (Lipinski definition) is 0. The number of hydrogen-bond acceptors (Lipinski definition) is 3. The normalized spacial score (nSPS) is 17.2. The van der Waals surface area contributed by atoms with Crippen molar-refractivity contribution in [1.29, 1.82) is 0 Å². The topological polar surface area (TPSA) is 51.2 Å². The molecule has 16 heavy (non-hydrogen) atoms. The van der Waals surface area contributed by atoms with Crippen molar-refractivity contribution >= 4 is 15.6 Å². The van der Waals surface area contributed by atoms with Gasteiger partial charge in [0, 0.05) is 19.1 Å². The van der Waals surface area contributed by atoms with E-state index in [9.17, 15) is 17.6 Å². The minimum absolute atomic E-state index is 0.0515. The lowest BCUT2D eigenvalue weighted by molar-refractivity contribution is -0.124. The average Bonchev–Trinajstić information content (AvgIpc) is 2.10. The zero-order valence-corrected chi connectivity index (χ0v) is 9.55. The highest BCUT2D eigenvalue weighted by Crippen LogP contribution is 2.34. The third-order valence-electron chi connectivity index (χ3n) is 2.77. The van der Waals surface area contributed by atoms with E-state index < -0.39 is 15.7 Å². The summed E-state index contributed by atoms with van der Waals surface area (Å²) in [5.41, 5.74) is 0.699. The fourth-order valence-corrected chi connectivity index (χ4v) is 2.53. The van der Waals surface area contributed by atoms with Crippen LogP contribution in [0.4, 0.5) is 4.39 Å². The number of carbonyl (C=O) groups excluding carboxylic acids is 1. The van der Waals surface area contributed by atoms with Crippen molar-refractivity contribution in [3.63, 3.8) is 0 Å². The van der Waals surface area contributed by atoms with Crippen LogP contribution in [0.5, 0.6) is 0 Å². The highest BCUT2D eigenvalue weighted by atomic mass is 32.2. The standard InChI is InChI=1S/C11H11FO3S/c1-16(14,15)11-3-2-7(6-10(11)12)8-4-9(13)5-8/h2-3,6,8H,4-5H2,1H3. The van der Waals surface area contributed by atoms with Crippen molar-refractivity contribution in [1.82, 2.24) is 0 Å². The third-order valence-corrected chi connectivity index (χ3v) is 3.90. The van der Waals surface area contributed by atoms with Crippen molar-refractivity contribution in [2.45, 2.75) is 23.7 Å². The molecule has 0 atom stereocenters. The van der Waals surface area contributed by atoms with Gasteiger partial charge in [-0.2, -0.15) is 0 Å². The number of halogens is 1. The van der Waals surface area contributed by atoms with Crippen molar-refractivity contribution < 1.29 is 17.6 Å². The molecule has 0 radical (unpaired) electrons. The van der Waals surface area contributed by atoms with E-state index in [0.29, 0.717) is 18.4 Å². The summed E-state index contributed by atoms with van der Waals surface area (Å²) in [4.78, 5) is 10.5. The largest absolute Gasteiger partial charge is 0.300 e. The second kappa shape index (κ2) is 3.66. The predicted molar refractivity (Wildman–Crippen MR) is 56.5 cm³/mol. The van der Waals surface area contributed by atoms with Crippen LogP contribution < -0.4 is 0 Å². The first-order valence-corrected chi connectivity index (χ1v) is 6.78. The maximum atomic E-state index is 13.5. The first kappa shape index (κ1) is 11.3. The molecule has 1 aliphatic rings. The number of benzene rings is 1. The number of carbonyl (C=O) groups is 1. The lowest BCUT2D eigenvalue weighted by atomic mass is 9.79. The minimum atomic E-state index is -3.52. The molecule has 0 bridgehead atoms. The summed E-state index contributed by atoms with van der Waals surface area (Å²) in [5.74, 6) is -0.521. The summed E-state index contributed by atoms with van der Waals surface area (Å²) in [7, 11) is -3.52. The number of sulfone groups is 1. The summed E-state index contributed by atoms with van der Waals surface area (Å²) in [6.45, 7) is 0. The summed E-state index contributed by atoms with van der Waals surface area (Å²) < 4.78 is 35.9. The van der Waals surface area contributed by atoms with E-state index in [4.69, 9.17) is 0 Å². The molecule has 0 aromatic heterocycles. The third kappa shape index (κ3) is 2.00. The Morgan fingerprint density at radius 1 is 1.31 bits per heavy atom. The van der Waals surface area contributed by atoms with Crippen LogP contribution in [0.25, 0.3) is 0 Å². The Balaban J connectivity index is 2.34. The number of Topliss-reactive ketones (excluding diaryl/α,β-unsaturated/α-hetero) is 1. The highest BCUT2D eigenvalue weighted by Gasteiger charge is 2.28. The molecule has 0 N–H and O–H groups in total. The van der Waals surface area contributed by atoms with E-state index in [2.05, 4.69) is 0 Å². The second-order valence-electron chi connectivity index (χ2n) is 4.11. The number of rotatable bonds is 2. The van der Waals surface area contributed by atoms with E-state index in [1.807, 2.05) is 0 Å². The van der Waals surface area contributed by atoms with E-state index in [1.54, 1.807) is 6.07 Å². The van der Waals surface area contributed by atoms with Crippen molar-refractivity contribution in [2.75, 3.05) is 6.26 Å².